The molecule has 0 bridgehead atoms. The third-order valence-electron chi connectivity index (χ3n) is 4.33. The number of rotatable bonds is 7. The van der Waals surface area contributed by atoms with Crippen molar-refractivity contribution in [1.82, 2.24) is 10.2 Å². The Morgan fingerprint density at radius 3 is 2.89 bits per heavy atom. The van der Waals surface area contributed by atoms with Gasteiger partial charge in [0.1, 0.15) is 0 Å². The fraction of sp³-hybridized carbons (Fsp3) is 0.750. The number of hydrogen-bond donors (Lipinski definition) is 1. The van der Waals surface area contributed by atoms with E-state index in [1.165, 1.54) is 43.5 Å². The zero-order valence-corrected chi connectivity index (χ0v) is 13.2. The maximum atomic E-state index is 3.76. The zero-order valence-electron chi connectivity index (χ0n) is 12.4. The van der Waals surface area contributed by atoms with Crippen molar-refractivity contribution in [3.8, 4) is 0 Å². The van der Waals surface area contributed by atoms with Crippen LogP contribution in [0.3, 0.4) is 0 Å². The van der Waals surface area contributed by atoms with Crippen LogP contribution >= 0.6 is 11.3 Å². The summed E-state index contributed by atoms with van der Waals surface area (Å²) in [5, 5.41) is 5.92. The minimum Gasteiger partial charge on any atom is -0.312 e. The molecule has 2 unspecified atom stereocenters. The van der Waals surface area contributed by atoms with Crippen molar-refractivity contribution >= 4 is 11.3 Å². The average Bonchev–Trinajstić information content (AvgIpc) is 2.92. The molecule has 1 N–H and O–H groups in total. The van der Waals surface area contributed by atoms with Gasteiger partial charge in [-0.3, -0.25) is 0 Å². The third-order valence-corrected chi connectivity index (χ3v) is 5.27. The highest BCUT2D eigenvalue weighted by Crippen LogP contribution is 2.23. The molecule has 0 aliphatic heterocycles. The summed E-state index contributed by atoms with van der Waals surface area (Å²) in [5.41, 5.74) is 0. The summed E-state index contributed by atoms with van der Waals surface area (Å²) in [6.07, 6.45) is 6.82. The van der Waals surface area contributed by atoms with Gasteiger partial charge in [-0.2, -0.15) is 0 Å². The van der Waals surface area contributed by atoms with Crippen LogP contribution in [0.1, 0.15) is 37.5 Å². The highest BCUT2D eigenvalue weighted by atomic mass is 32.1. The highest BCUT2D eigenvalue weighted by molar-refractivity contribution is 7.09. The zero-order chi connectivity index (χ0) is 13.5. The molecule has 0 spiro atoms. The van der Waals surface area contributed by atoms with Crippen LogP contribution in [-0.4, -0.2) is 37.6 Å². The molecule has 1 aliphatic carbocycles. The Labute approximate surface area is 122 Å². The predicted octanol–water partition coefficient (Wildman–Crippen LogP) is 3.39. The van der Waals surface area contributed by atoms with Crippen LogP contribution in [0.5, 0.6) is 0 Å². The van der Waals surface area contributed by atoms with Gasteiger partial charge in [0.25, 0.3) is 0 Å². The Bertz CT molecular complexity index is 337. The average molecular weight is 280 g/mol. The topological polar surface area (TPSA) is 15.3 Å². The van der Waals surface area contributed by atoms with Crippen molar-refractivity contribution in [2.75, 3.05) is 26.7 Å². The first-order valence-corrected chi connectivity index (χ1v) is 8.58. The number of nitrogens with one attached hydrogen (secondary N) is 1. The maximum Gasteiger partial charge on any atom is 0.0104 e. The van der Waals surface area contributed by atoms with E-state index in [1.807, 2.05) is 11.3 Å². The molecule has 0 aromatic carbocycles. The van der Waals surface area contributed by atoms with Gasteiger partial charge < -0.3 is 10.2 Å². The molecule has 1 saturated carbocycles. The van der Waals surface area contributed by atoms with E-state index in [-0.39, 0.29) is 0 Å². The van der Waals surface area contributed by atoms with Crippen molar-refractivity contribution in [3.05, 3.63) is 22.4 Å². The molecule has 1 heterocycles. The van der Waals surface area contributed by atoms with Crippen LogP contribution in [0.15, 0.2) is 17.5 Å². The van der Waals surface area contributed by atoms with Crippen LogP contribution in [0.2, 0.25) is 0 Å². The molecule has 2 rings (SSSR count). The highest BCUT2D eigenvalue weighted by Gasteiger charge is 2.20. The Hall–Kier alpha value is -0.380. The van der Waals surface area contributed by atoms with Crippen molar-refractivity contribution in [3.63, 3.8) is 0 Å². The molecule has 2 nitrogen and oxygen atoms in total. The van der Waals surface area contributed by atoms with Gasteiger partial charge in [-0.15, -0.1) is 11.3 Å². The lowest BCUT2D eigenvalue weighted by Gasteiger charge is -2.30. The first-order valence-electron chi connectivity index (χ1n) is 7.70. The van der Waals surface area contributed by atoms with Gasteiger partial charge >= 0.3 is 0 Å². The van der Waals surface area contributed by atoms with Crippen molar-refractivity contribution < 1.29 is 0 Å². The molecule has 0 amide bonds. The van der Waals surface area contributed by atoms with E-state index >= 15 is 0 Å². The summed E-state index contributed by atoms with van der Waals surface area (Å²) in [6.45, 7) is 5.87. The lowest BCUT2D eigenvalue weighted by atomic mass is 9.86. The predicted molar refractivity (Wildman–Crippen MR) is 84.9 cm³/mol. The summed E-state index contributed by atoms with van der Waals surface area (Å²) in [7, 11) is 2.24. The number of nitrogens with zero attached hydrogens (tertiary/aromatic N) is 1. The van der Waals surface area contributed by atoms with Crippen molar-refractivity contribution in [2.24, 2.45) is 5.92 Å². The number of thiophene rings is 1. The van der Waals surface area contributed by atoms with Crippen LogP contribution in [0, 0.1) is 5.92 Å². The van der Waals surface area contributed by atoms with Crippen LogP contribution in [0.25, 0.3) is 0 Å². The summed E-state index contributed by atoms with van der Waals surface area (Å²) < 4.78 is 0. The smallest absolute Gasteiger partial charge is 0.0104 e. The summed E-state index contributed by atoms with van der Waals surface area (Å²) >= 11 is 1.87. The maximum absolute atomic E-state index is 3.76. The molecule has 1 aromatic rings. The van der Waals surface area contributed by atoms with Crippen LogP contribution < -0.4 is 5.32 Å². The molecule has 2 atom stereocenters. The second-order valence-corrected chi connectivity index (χ2v) is 6.99. The lowest BCUT2D eigenvalue weighted by molar-refractivity contribution is 0.261. The molecule has 0 saturated heterocycles. The molecule has 19 heavy (non-hydrogen) atoms. The van der Waals surface area contributed by atoms with E-state index in [0.717, 1.165) is 25.0 Å². The van der Waals surface area contributed by atoms with Crippen LogP contribution in [-0.2, 0) is 6.42 Å². The van der Waals surface area contributed by atoms with Gasteiger partial charge in [0.05, 0.1) is 0 Å². The Balaban J connectivity index is 1.57. The van der Waals surface area contributed by atoms with E-state index in [0.29, 0.717) is 0 Å². The SMILES string of the molecule is CC1CCCCC1NCCN(C)CCc1cccs1. The van der Waals surface area contributed by atoms with Gasteiger partial charge in [0.2, 0.25) is 0 Å². The summed E-state index contributed by atoms with van der Waals surface area (Å²) in [4.78, 5) is 3.95. The van der Waals surface area contributed by atoms with Gasteiger partial charge in [-0.25, -0.2) is 0 Å². The summed E-state index contributed by atoms with van der Waals surface area (Å²) in [6, 6.07) is 5.14. The van der Waals surface area contributed by atoms with E-state index in [4.69, 9.17) is 0 Å². The van der Waals surface area contributed by atoms with Gasteiger partial charge in [-0.05, 0) is 43.7 Å². The van der Waals surface area contributed by atoms with Gasteiger partial charge in [0.15, 0.2) is 0 Å². The Morgan fingerprint density at radius 1 is 1.32 bits per heavy atom. The standard InChI is InChI=1S/C16H28N2S/c1-14-6-3-4-8-16(14)17-10-12-18(2)11-9-15-7-5-13-19-15/h5,7,13-14,16-17H,3-4,6,8-12H2,1-2H3. The molecule has 0 radical (unpaired) electrons. The van der Waals surface area contributed by atoms with E-state index < -0.39 is 0 Å². The number of likely N-dealkylation sites (N-methyl/N-ethyl adjacent to an activating group) is 1. The normalized spacial score (nSPS) is 23.9. The third kappa shape index (κ3) is 5.25. The van der Waals surface area contributed by atoms with E-state index in [1.54, 1.807) is 0 Å². The minimum atomic E-state index is 0.763. The van der Waals surface area contributed by atoms with Crippen molar-refractivity contribution in [2.45, 2.75) is 45.1 Å². The second kappa shape index (κ2) is 8.03. The molecule has 3 heteroatoms. The lowest BCUT2D eigenvalue weighted by Crippen LogP contribution is -2.41. The fourth-order valence-electron chi connectivity index (χ4n) is 2.93. The van der Waals surface area contributed by atoms with Gasteiger partial charge in [0, 0.05) is 30.6 Å². The van der Waals surface area contributed by atoms with Crippen LogP contribution in [0.4, 0.5) is 0 Å². The fourth-order valence-corrected chi connectivity index (χ4v) is 3.63. The van der Waals surface area contributed by atoms with Crippen molar-refractivity contribution in [1.29, 1.82) is 0 Å². The van der Waals surface area contributed by atoms with Gasteiger partial charge in [-0.1, -0.05) is 25.8 Å². The molecular weight excluding hydrogens is 252 g/mol. The number of hydrogen-bond acceptors (Lipinski definition) is 3. The molecule has 108 valence electrons. The molecular formula is C16H28N2S. The first kappa shape index (κ1) is 15.0. The monoisotopic (exact) mass is 280 g/mol. The quantitative estimate of drug-likeness (QED) is 0.823. The minimum absolute atomic E-state index is 0.763. The molecule has 1 fully saturated rings. The van der Waals surface area contributed by atoms with E-state index in [9.17, 15) is 0 Å². The largest absolute Gasteiger partial charge is 0.312 e. The Morgan fingerprint density at radius 2 is 2.16 bits per heavy atom. The molecule has 1 aromatic heterocycles. The molecule has 1 aliphatic rings. The Kier molecular flexibility index (Phi) is 6.35. The summed E-state index contributed by atoms with van der Waals surface area (Å²) in [5.74, 6) is 0.866. The first-order chi connectivity index (χ1) is 9.25. The second-order valence-electron chi connectivity index (χ2n) is 5.95. The van der Waals surface area contributed by atoms with E-state index in [2.05, 4.69) is 41.7 Å².